The topological polar surface area (TPSA) is 47.0 Å². The molecular formula is C18H21N3O2S. The van der Waals surface area contributed by atoms with Crippen LogP contribution in [0.5, 0.6) is 0 Å². The van der Waals surface area contributed by atoms with Gasteiger partial charge >= 0.3 is 6.09 Å². The molecule has 6 heteroatoms. The number of fused-ring (bicyclic) bond motifs is 2. The molecule has 0 bridgehead atoms. The van der Waals surface area contributed by atoms with Crippen LogP contribution >= 0.6 is 11.8 Å². The number of carbonyl (C=O) groups is 1. The highest BCUT2D eigenvalue weighted by Crippen LogP contribution is 2.48. The lowest BCUT2D eigenvalue weighted by atomic mass is 10.2. The molecule has 2 aromatic rings. The molecule has 0 aromatic heterocycles. The lowest BCUT2D eigenvalue weighted by Gasteiger charge is -2.34. The normalized spacial score (nSPS) is 12.8. The van der Waals surface area contributed by atoms with Crippen molar-refractivity contribution in [2.75, 3.05) is 44.0 Å². The summed E-state index contributed by atoms with van der Waals surface area (Å²) in [5.74, 6) is 0. The first kappa shape index (κ1) is 16.7. The van der Waals surface area contributed by atoms with E-state index in [4.69, 9.17) is 0 Å². The van der Waals surface area contributed by atoms with E-state index in [0.29, 0.717) is 5.69 Å². The number of carboxylic acid groups (broad SMARTS) is 1. The second-order valence-electron chi connectivity index (χ2n) is 6.02. The van der Waals surface area contributed by atoms with Crippen LogP contribution in [-0.2, 0) is 0 Å². The van der Waals surface area contributed by atoms with Gasteiger partial charge in [0.15, 0.2) is 0 Å². The molecule has 1 heterocycles. The third-order valence-corrected chi connectivity index (χ3v) is 5.18. The average Bonchev–Trinajstić information content (AvgIpc) is 2.57. The second-order valence-corrected chi connectivity index (χ2v) is 7.10. The molecule has 1 amide bonds. The van der Waals surface area contributed by atoms with Crippen LogP contribution in [0.4, 0.5) is 21.9 Å². The quantitative estimate of drug-likeness (QED) is 0.910. The zero-order valence-electron chi connectivity index (χ0n) is 14.1. The SMILES string of the molecule is CN(C)CCN1c2ccccc2Sc2ccc(N(C)C(=O)O)cc21. The lowest BCUT2D eigenvalue weighted by Crippen LogP contribution is -2.30. The Bertz CT molecular complexity index is 764. The Labute approximate surface area is 146 Å². The Kier molecular flexibility index (Phi) is 4.69. The van der Waals surface area contributed by atoms with Crippen molar-refractivity contribution in [1.29, 1.82) is 0 Å². The van der Waals surface area contributed by atoms with E-state index in [-0.39, 0.29) is 0 Å². The standard InChI is InChI=1S/C18H21N3O2S/c1-19(2)10-11-21-14-6-4-5-7-16(14)24-17-9-8-13(12-15(17)21)20(3)18(22)23/h4-9,12H,10-11H2,1-3H3,(H,22,23). The number of hydrogen-bond acceptors (Lipinski definition) is 4. The zero-order valence-corrected chi connectivity index (χ0v) is 14.9. The van der Waals surface area contributed by atoms with Crippen molar-refractivity contribution < 1.29 is 9.90 Å². The van der Waals surface area contributed by atoms with Crippen LogP contribution in [0.1, 0.15) is 0 Å². The maximum Gasteiger partial charge on any atom is 0.411 e. The van der Waals surface area contributed by atoms with Gasteiger partial charge in [-0.1, -0.05) is 23.9 Å². The van der Waals surface area contributed by atoms with Crippen molar-refractivity contribution in [3.63, 3.8) is 0 Å². The molecule has 5 nitrogen and oxygen atoms in total. The molecule has 1 aliphatic rings. The molecule has 126 valence electrons. The lowest BCUT2D eigenvalue weighted by molar-refractivity contribution is 0.203. The number of anilines is 3. The van der Waals surface area contributed by atoms with Crippen molar-refractivity contribution in [2.45, 2.75) is 9.79 Å². The largest absolute Gasteiger partial charge is 0.465 e. The number of nitrogens with zero attached hydrogens (tertiary/aromatic N) is 3. The molecule has 24 heavy (non-hydrogen) atoms. The minimum Gasteiger partial charge on any atom is -0.465 e. The summed E-state index contributed by atoms with van der Waals surface area (Å²) >= 11 is 1.73. The fraction of sp³-hybridized carbons (Fsp3) is 0.278. The van der Waals surface area contributed by atoms with Gasteiger partial charge in [0.05, 0.1) is 11.4 Å². The molecule has 0 aliphatic carbocycles. The van der Waals surface area contributed by atoms with E-state index in [2.05, 4.69) is 36.0 Å². The van der Waals surface area contributed by atoms with Crippen LogP contribution in [0.25, 0.3) is 0 Å². The van der Waals surface area contributed by atoms with Gasteiger partial charge in [-0.15, -0.1) is 0 Å². The first-order chi connectivity index (χ1) is 11.5. The van der Waals surface area contributed by atoms with Crippen LogP contribution in [0, 0.1) is 0 Å². The summed E-state index contributed by atoms with van der Waals surface area (Å²) in [4.78, 5) is 19.3. The van der Waals surface area contributed by atoms with Gasteiger partial charge < -0.3 is 14.9 Å². The maximum atomic E-state index is 11.3. The van der Waals surface area contributed by atoms with Crippen molar-refractivity contribution in [3.05, 3.63) is 42.5 Å². The number of likely N-dealkylation sites (N-methyl/N-ethyl adjacent to an activating group) is 1. The third-order valence-electron chi connectivity index (χ3n) is 4.05. The number of benzene rings is 2. The van der Waals surface area contributed by atoms with E-state index < -0.39 is 6.09 Å². The molecule has 0 spiro atoms. The minimum absolute atomic E-state index is 0.677. The fourth-order valence-corrected chi connectivity index (χ4v) is 3.75. The van der Waals surface area contributed by atoms with Gasteiger partial charge in [0.25, 0.3) is 0 Å². The maximum absolute atomic E-state index is 11.3. The van der Waals surface area contributed by atoms with Gasteiger partial charge in [0.1, 0.15) is 0 Å². The van der Waals surface area contributed by atoms with E-state index in [1.807, 2.05) is 30.3 Å². The van der Waals surface area contributed by atoms with Crippen LogP contribution in [0.3, 0.4) is 0 Å². The molecule has 0 fully saturated rings. The van der Waals surface area contributed by atoms with E-state index in [0.717, 1.165) is 23.7 Å². The van der Waals surface area contributed by atoms with E-state index in [1.54, 1.807) is 18.8 Å². The molecule has 0 saturated carbocycles. The van der Waals surface area contributed by atoms with Crippen LogP contribution < -0.4 is 9.80 Å². The number of hydrogen-bond donors (Lipinski definition) is 1. The van der Waals surface area contributed by atoms with Gasteiger partial charge in [0, 0.05) is 35.6 Å². The third kappa shape index (κ3) is 3.20. The zero-order chi connectivity index (χ0) is 17.3. The summed E-state index contributed by atoms with van der Waals surface area (Å²) in [5.41, 5.74) is 2.91. The highest BCUT2D eigenvalue weighted by atomic mass is 32.2. The monoisotopic (exact) mass is 343 g/mol. The fourth-order valence-electron chi connectivity index (χ4n) is 2.68. The van der Waals surface area contributed by atoms with E-state index in [1.165, 1.54) is 15.5 Å². The average molecular weight is 343 g/mol. The van der Waals surface area contributed by atoms with Crippen LogP contribution in [0.2, 0.25) is 0 Å². The Balaban J connectivity index is 2.04. The minimum atomic E-state index is -0.960. The molecule has 3 rings (SSSR count). The number of rotatable bonds is 4. The summed E-state index contributed by atoms with van der Waals surface area (Å²) in [5, 5.41) is 9.24. The molecule has 0 saturated heterocycles. The molecular weight excluding hydrogens is 322 g/mol. The van der Waals surface area contributed by atoms with Gasteiger partial charge in [-0.3, -0.25) is 4.90 Å². The number of para-hydroxylation sites is 1. The van der Waals surface area contributed by atoms with Crippen molar-refractivity contribution in [2.24, 2.45) is 0 Å². The van der Waals surface area contributed by atoms with Gasteiger partial charge in [-0.05, 0) is 44.4 Å². The summed E-state index contributed by atoms with van der Waals surface area (Å²) in [7, 11) is 5.68. The highest BCUT2D eigenvalue weighted by molar-refractivity contribution is 7.99. The van der Waals surface area contributed by atoms with Crippen molar-refractivity contribution in [1.82, 2.24) is 4.90 Å². The molecule has 1 N–H and O–H groups in total. The summed E-state index contributed by atoms with van der Waals surface area (Å²) < 4.78 is 0. The molecule has 0 unspecified atom stereocenters. The summed E-state index contributed by atoms with van der Waals surface area (Å²) in [6.45, 7) is 1.76. The Morgan fingerprint density at radius 2 is 1.79 bits per heavy atom. The molecule has 1 aliphatic heterocycles. The molecule has 0 radical (unpaired) electrons. The number of amides is 1. The van der Waals surface area contributed by atoms with Crippen molar-refractivity contribution >= 4 is 34.9 Å². The first-order valence-corrected chi connectivity index (χ1v) is 8.59. The van der Waals surface area contributed by atoms with Crippen LogP contribution in [-0.4, -0.2) is 50.3 Å². The summed E-state index contributed by atoms with van der Waals surface area (Å²) in [6.07, 6.45) is -0.960. The van der Waals surface area contributed by atoms with Crippen LogP contribution in [0.15, 0.2) is 52.3 Å². The van der Waals surface area contributed by atoms with E-state index in [9.17, 15) is 9.90 Å². The highest BCUT2D eigenvalue weighted by Gasteiger charge is 2.24. The molecule has 0 atom stereocenters. The molecule has 2 aromatic carbocycles. The first-order valence-electron chi connectivity index (χ1n) is 7.77. The predicted octanol–water partition coefficient (Wildman–Crippen LogP) is 3.97. The predicted molar refractivity (Wildman–Crippen MR) is 99.0 cm³/mol. The smallest absolute Gasteiger partial charge is 0.411 e. The van der Waals surface area contributed by atoms with E-state index >= 15 is 0 Å². The Hall–Kier alpha value is -2.18. The second kappa shape index (κ2) is 6.75. The van der Waals surface area contributed by atoms with Crippen molar-refractivity contribution in [3.8, 4) is 0 Å². The van der Waals surface area contributed by atoms with Gasteiger partial charge in [0.2, 0.25) is 0 Å². The summed E-state index contributed by atoms with van der Waals surface area (Å²) in [6, 6.07) is 14.2. The Morgan fingerprint density at radius 3 is 2.50 bits per heavy atom. The van der Waals surface area contributed by atoms with Gasteiger partial charge in [-0.2, -0.15) is 0 Å². The Morgan fingerprint density at radius 1 is 1.08 bits per heavy atom. The van der Waals surface area contributed by atoms with Gasteiger partial charge in [-0.25, -0.2) is 4.79 Å².